The Bertz CT molecular complexity index is 159. The van der Waals surface area contributed by atoms with Crippen LogP contribution < -0.4 is 0 Å². The second kappa shape index (κ2) is 4.91. The minimum atomic E-state index is -0.214. The third-order valence-electron chi connectivity index (χ3n) is 0.991. The van der Waals surface area contributed by atoms with E-state index in [2.05, 4.69) is 11.6 Å². The molecule has 0 fully saturated rings. The van der Waals surface area contributed by atoms with Gasteiger partial charge in [-0.3, -0.25) is 4.79 Å². The molecule has 0 N–H and O–H groups in total. The van der Waals surface area contributed by atoms with E-state index < -0.39 is 0 Å². The SMILES string of the molecule is C=C(C)C(=O)N=CCCC. The van der Waals surface area contributed by atoms with E-state index in [1.54, 1.807) is 13.1 Å². The van der Waals surface area contributed by atoms with Gasteiger partial charge < -0.3 is 0 Å². The van der Waals surface area contributed by atoms with Gasteiger partial charge in [-0.05, 0) is 13.3 Å². The summed E-state index contributed by atoms with van der Waals surface area (Å²) in [6, 6.07) is 0. The van der Waals surface area contributed by atoms with Crippen LogP contribution in [0.5, 0.6) is 0 Å². The van der Waals surface area contributed by atoms with Crippen molar-refractivity contribution in [3.05, 3.63) is 12.2 Å². The van der Waals surface area contributed by atoms with Crippen LogP contribution in [-0.4, -0.2) is 12.1 Å². The summed E-state index contributed by atoms with van der Waals surface area (Å²) in [5, 5.41) is 0. The maximum absolute atomic E-state index is 10.7. The van der Waals surface area contributed by atoms with Gasteiger partial charge in [0.15, 0.2) is 0 Å². The Kier molecular flexibility index (Phi) is 4.46. The van der Waals surface area contributed by atoms with E-state index in [1.807, 2.05) is 6.92 Å². The number of nitrogens with zero attached hydrogens (tertiary/aromatic N) is 1. The molecule has 10 heavy (non-hydrogen) atoms. The average Bonchev–Trinajstić information content (AvgIpc) is 1.88. The molecule has 0 aromatic rings. The Hall–Kier alpha value is -0.920. The number of amides is 1. The van der Waals surface area contributed by atoms with Crippen LogP contribution in [0.15, 0.2) is 17.1 Å². The summed E-state index contributed by atoms with van der Waals surface area (Å²) < 4.78 is 0. The van der Waals surface area contributed by atoms with Crippen LogP contribution in [0.4, 0.5) is 0 Å². The minimum absolute atomic E-state index is 0.214. The fraction of sp³-hybridized carbons (Fsp3) is 0.500. The van der Waals surface area contributed by atoms with E-state index in [1.165, 1.54) is 0 Å². The molecule has 0 rings (SSSR count). The van der Waals surface area contributed by atoms with Gasteiger partial charge in [-0.25, -0.2) is 4.99 Å². The fourth-order valence-electron chi connectivity index (χ4n) is 0.387. The zero-order valence-corrected chi connectivity index (χ0v) is 6.55. The van der Waals surface area contributed by atoms with Crippen molar-refractivity contribution in [3.63, 3.8) is 0 Å². The zero-order chi connectivity index (χ0) is 7.98. The van der Waals surface area contributed by atoms with Gasteiger partial charge in [0, 0.05) is 11.8 Å². The number of aliphatic imine (C=N–C) groups is 1. The molecule has 2 nitrogen and oxygen atoms in total. The van der Waals surface area contributed by atoms with E-state index in [-0.39, 0.29) is 5.91 Å². The topological polar surface area (TPSA) is 29.4 Å². The largest absolute Gasteiger partial charge is 0.271 e. The molecule has 0 atom stereocenters. The lowest BCUT2D eigenvalue weighted by atomic mass is 10.3. The lowest BCUT2D eigenvalue weighted by molar-refractivity contribution is -0.114. The zero-order valence-electron chi connectivity index (χ0n) is 6.55. The predicted octanol–water partition coefficient (Wildman–Crippen LogP) is 1.96. The Balaban J connectivity index is 3.67. The molecule has 0 aliphatic rings. The quantitative estimate of drug-likeness (QED) is 0.434. The van der Waals surface area contributed by atoms with Gasteiger partial charge in [0.25, 0.3) is 5.91 Å². The first kappa shape index (κ1) is 9.08. The number of carbonyl (C=O) groups is 1. The van der Waals surface area contributed by atoms with Crippen LogP contribution in [0.1, 0.15) is 26.7 Å². The van der Waals surface area contributed by atoms with Crippen LogP contribution in [0.25, 0.3) is 0 Å². The van der Waals surface area contributed by atoms with Crippen LogP contribution in [-0.2, 0) is 4.79 Å². The molecule has 0 radical (unpaired) electrons. The van der Waals surface area contributed by atoms with Crippen molar-refractivity contribution in [1.29, 1.82) is 0 Å². The number of hydrogen-bond acceptors (Lipinski definition) is 1. The molecular formula is C8H13NO. The number of rotatable bonds is 3. The predicted molar refractivity (Wildman–Crippen MR) is 43.2 cm³/mol. The molecule has 56 valence electrons. The maximum atomic E-state index is 10.7. The Morgan fingerprint density at radius 3 is 2.70 bits per heavy atom. The van der Waals surface area contributed by atoms with Crippen molar-refractivity contribution in [2.24, 2.45) is 4.99 Å². The lowest BCUT2D eigenvalue weighted by Gasteiger charge is -1.87. The Morgan fingerprint density at radius 1 is 1.70 bits per heavy atom. The maximum Gasteiger partial charge on any atom is 0.271 e. The Morgan fingerprint density at radius 2 is 2.30 bits per heavy atom. The van der Waals surface area contributed by atoms with Crippen molar-refractivity contribution < 1.29 is 4.79 Å². The van der Waals surface area contributed by atoms with Gasteiger partial charge in [0.2, 0.25) is 0 Å². The molecule has 0 saturated carbocycles. The van der Waals surface area contributed by atoms with Gasteiger partial charge in [0.05, 0.1) is 0 Å². The summed E-state index contributed by atoms with van der Waals surface area (Å²) in [5.74, 6) is -0.214. The standard InChI is InChI=1S/C8H13NO/c1-4-5-6-9-8(10)7(2)3/h6H,2,4-5H2,1,3H3. The minimum Gasteiger partial charge on any atom is -0.267 e. The van der Waals surface area contributed by atoms with Crippen LogP contribution in [0.3, 0.4) is 0 Å². The van der Waals surface area contributed by atoms with E-state index >= 15 is 0 Å². The average molecular weight is 139 g/mol. The Labute approximate surface area is 61.7 Å². The summed E-state index contributed by atoms with van der Waals surface area (Å²) in [4.78, 5) is 14.4. The molecule has 0 aliphatic heterocycles. The van der Waals surface area contributed by atoms with Gasteiger partial charge in [-0.15, -0.1) is 0 Å². The molecule has 0 spiro atoms. The molecule has 0 unspecified atom stereocenters. The highest BCUT2D eigenvalue weighted by Crippen LogP contribution is 1.90. The van der Waals surface area contributed by atoms with Crippen molar-refractivity contribution in [2.45, 2.75) is 26.7 Å². The second-order valence-corrected chi connectivity index (χ2v) is 2.19. The van der Waals surface area contributed by atoms with Gasteiger partial charge in [0.1, 0.15) is 0 Å². The van der Waals surface area contributed by atoms with E-state index in [0.717, 1.165) is 12.8 Å². The monoisotopic (exact) mass is 139 g/mol. The third-order valence-corrected chi connectivity index (χ3v) is 0.991. The molecule has 0 saturated heterocycles. The summed E-state index contributed by atoms with van der Waals surface area (Å²) >= 11 is 0. The first-order valence-electron chi connectivity index (χ1n) is 3.40. The number of carbonyl (C=O) groups excluding carboxylic acids is 1. The van der Waals surface area contributed by atoms with Crippen LogP contribution in [0, 0.1) is 0 Å². The van der Waals surface area contributed by atoms with Crippen molar-refractivity contribution in [1.82, 2.24) is 0 Å². The molecule has 0 bridgehead atoms. The van der Waals surface area contributed by atoms with Gasteiger partial charge in [-0.1, -0.05) is 19.9 Å². The lowest BCUT2D eigenvalue weighted by Crippen LogP contribution is -1.93. The molecule has 0 aromatic carbocycles. The summed E-state index contributed by atoms with van der Waals surface area (Å²) in [7, 11) is 0. The highest BCUT2D eigenvalue weighted by atomic mass is 16.1. The number of unbranched alkanes of at least 4 members (excludes halogenated alkanes) is 1. The smallest absolute Gasteiger partial charge is 0.267 e. The summed E-state index contributed by atoms with van der Waals surface area (Å²) in [6.45, 7) is 7.17. The molecule has 0 aromatic heterocycles. The normalized spacial score (nSPS) is 10.2. The van der Waals surface area contributed by atoms with Crippen molar-refractivity contribution >= 4 is 12.1 Å². The molecule has 0 aliphatic carbocycles. The first-order valence-corrected chi connectivity index (χ1v) is 3.40. The summed E-state index contributed by atoms with van der Waals surface area (Å²) in [5.41, 5.74) is 0.493. The van der Waals surface area contributed by atoms with Crippen molar-refractivity contribution in [2.75, 3.05) is 0 Å². The number of hydrogen-bond donors (Lipinski definition) is 0. The molecule has 1 amide bonds. The molecule has 0 heterocycles. The fourth-order valence-corrected chi connectivity index (χ4v) is 0.387. The van der Waals surface area contributed by atoms with Gasteiger partial charge in [-0.2, -0.15) is 0 Å². The first-order chi connectivity index (χ1) is 4.68. The summed E-state index contributed by atoms with van der Waals surface area (Å²) in [6.07, 6.45) is 3.52. The van der Waals surface area contributed by atoms with E-state index in [0.29, 0.717) is 5.57 Å². The van der Waals surface area contributed by atoms with Crippen LogP contribution >= 0.6 is 0 Å². The van der Waals surface area contributed by atoms with Crippen LogP contribution in [0.2, 0.25) is 0 Å². The van der Waals surface area contributed by atoms with Gasteiger partial charge >= 0.3 is 0 Å². The highest BCUT2D eigenvalue weighted by Gasteiger charge is 1.94. The highest BCUT2D eigenvalue weighted by molar-refractivity contribution is 5.97. The second-order valence-electron chi connectivity index (χ2n) is 2.19. The van der Waals surface area contributed by atoms with E-state index in [4.69, 9.17) is 0 Å². The molecule has 2 heteroatoms. The van der Waals surface area contributed by atoms with Crippen molar-refractivity contribution in [3.8, 4) is 0 Å². The van der Waals surface area contributed by atoms with E-state index in [9.17, 15) is 4.79 Å². The molecular weight excluding hydrogens is 126 g/mol. The third kappa shape index (κ3) is 4.01.